The number of fused-ring (bicyclic) bond motifs is 1. The molecule has 1 aliphatic rings. The third-order valence-electron chi connectivity index (χ3n) is 2.96. The summed E-state index contributed by atoms with van der Waals surface area (Å²) in [5.74, 6) is 0.532. The molecule has 2 aromatic rings. The van der Waals surface area contributed by atoms with Crippen LogP contribution in [0.25, 0.3) is 0 Å². The molecule has 18 heavy (non-hydrogen) atoms. The van der Waals surface area contributed by atoms with Crippen LogP contribution < -0.4 is 15.8 Å². The van der Waals surface area contributed by atoms with Gasteiger partial charge in [0.2, 0.25) is 0 Å². The van der Waals surface area contributed by atoms with Crippen molar-refractivity contribution in [3.05, 3.63) is 53.8 Å². The number of nitrogens with one attached hydrogen (secondary N) is 1. The topological polar surface area (TPSA) is 47.3 Å². The fourth-order valence-electron chi connectivity index (χ4n) is 2.18. The number of nitrogens with two attached hydrogens (primary N) is 1. The third-order valence-corrected chi connectivity index (χ3v) is 2.96. The van der Waals surface area contributed by atoms with Gasteiger partial charge in [-0.15, -0.1) is 0 Å². The molecule has 0 radical (unpaired) electrons. The molecule has 0 aliphatic carbocycles. The van der Waals surface area contributed by atoms with Crippen LogP contribution in [0.4, 0.5) is 15.8 Å². The number of rotatable bonds is 2. The highest BCUT2D eigenvalue weighted by molar-refractivity contribution is 5.57. The van der Waals surface area contributed by atoms with Crippen molar-refractivity contribution in [2.75, 3.05) is 17.7 Å². The summed E-state index contributed by atoms with van der Waals surface area (Å²) < 4.78 is 18.8. The van der Waals surface area contributed by atoms with Crippen LogP contribution in [0.2, 0.25) is 0 Å². The molecule has 1 aliphatic heterocycles. The molecule has 0 aromatic heterocycles. The van der Waals surface area contributed by atoms with Crippen molar-refractivity contribution in [3.63, 3.8) is 0 Å². The first kappa shape index (κ1) is 10.9. The minimum Gasteiger partial charge on any atom is -0.491 e. The Bertz CT molecular complexity index is 566. The minimum atomic E-state index is -0.343. The van der Waals surface area contributed by atoms with E-state index < -0.39 is 0 Å². The van der Waals surface area contributed by atoms with Crippen LogP contribution in [-0.4, -0.2) is 6.61 Å². The molecular weight excluding hydrogens is 231 g/mol. The Morgan fingerprint density at radius 3 is 2.89 bits per heavy atom. The Morgan fingerprint density at radius 1 is 1.22 bits per heavy atom. The second-order valence-electron chi connectivity index (χ2n) is 4.32. The number of para-hydroxylation sites is 1. The number of ether oxygens (including phenoxy) is 1. The predicted octanol–water partition coefficient (Wildman–Crippen LogP) is 2.95. The fourth-order valence-corrected chi connectivity index (χ4v) is 2.18. The van der Waals surface area contributed by atoms with Crippen molar-refractivity contribution in [1.82, 2.24) is 0 Å². The van der Waals surface area contributed by atoms with E-state index >= 15 is 0 Å². The SMILES string of the molecule is Nc1cc(F)cc(NC2COc3ccccc32)c1. The van der Waals surface area contributed by atoms with Crippen LogP contribution in [0.1, 0.15) is 11.6 Å². The summed E-state index contributed by atoms with van der Waals surface area (Å²) in [6.07, 6.45) is 0. The minimum absolute atomic E-state index is 0.0300. The van der Waals surface area contributed by atoms with Crippen LogP contribution in [0, 0.1) is 5.82 Å². The lowest BCUT2D eigenvalue weighted by Crippen LogP contribution is -2.12. The van der Waals surface area contributed by atoms with E-state index in [0.29, 0.717) is 18.0 Å². The Kier molecular flexibility index (Phi) is 2.55. The van der Waals surface area contributed by atoms with E-state index in [1.54, 1.807) is 6.07 Å². The van der Waals surface area contributed by atoms with Crippen molar-refractivity contribution in [2.24, 2.45) is 0 Å². The van der Waals surface area contributed by atoms with Crippen LogP contribution >= 0.6 is 0 Å². The highest BCUT2D eigenvalue weighted by atomic mass is 19.1. The maximum Gasteiger partial charge on any atom is 0.127 e. The molecule has 0 bridgehead atoms. The second kappa shape index (κ2) is 4.22. The molecule has 0 saturated heterocycles. The standard InChI is InChI=1S/C14H13FN2O/c15-9-5-10(16)7-11(6-9)17-13-8-18-14-4-2-1-3-12(13)14/h1-7,13,17H,8,16H2. The zero-order valence-corrected chi connectivity index (χ0v) is 9.69. The van der Waals surface area contributed by atoms with Crippen LogP contribution in [-0.2, 0) is 0 Å². The highest BCUT2D eigenvalue weighted by Crippen LogP contribution is 2.34. The van der Waals surface area contributed by atoms with Gasteiger partial charge < -0.3 is 15.8 Å². The zero-order valence-electron chi connectivity index (χ0n) is 9.69. The van der Waals surface area contributed by atoms with Crippen LogP contribution in [0.15, 0.2) is 42.5 Å². The fraction of sp³-hybridized carbons (Fsp3) is 0.143. The Morgan fingerprint density at radius 2 is 2.06 bits per heavy atom. The van der Waals surface area contributed by atoms with E-state index in [-0.39, 0.29) is 11.9 Å². The van der Waals surface area contributed by atoms with E-state index in [0.717, 1.165) is 11.3 Å². The summed E-state index contributed by atoms with van der Waals surface area (Å²) in [6.45, 7) is 0.537. The van der Waals surface area contributed by atoms with Gasteiger partial charge in [-0.25, -0.2) is 4.39 Å². The van der Waals surface area contributed by atoms with Gasteiger partial charge in [0, 0.05) is 16.9 Å². The number of hydrogen-bond acceptors (Lipinski definition) is 3. The summed E-state index contributed by atoms with van der Waals surface area (Å²) >= 11 is 0. The predicted molar refractivity (Wildman–Crippen MR) is 69.1 cm³/mol. The van der Waals surface area contributed by atoms with E-state index in [2.05, 4.69) is 5.32 Å². The van der Waals surface area contributed by atoms with Crippen LogP contribution in [0.5, 0.6) is 5.75 Å². The molecule has 4 heteroatoms. The van der Waals surface area contributed by atoms with Crippen molar-refractivity contribution in [1.29, 1.82) is 0 Å². The van der Waals surface area contributed by atoms with E-state index in [1.165, 1.54) is 12.1 Å². The summed E-state index contributed by atoms with van der Waals surface area (Å²) in [6, 6.07) is 12.3. The maximum atomic E-state index is 13.2. The van der Waals surface area contributed by atoms with Gasteiger partial charge in [0.15, 0.2) is 0 Å². The first-order valence-electron chi connectivity index (χ1n) is 5.77. The lowest BCUT2D eigenvalue weighted by molar-refractivity contribution is 0.340. The molecule has 0 fully saturated rings. The highest BCUT2D eigenvalue weighted by Gasteiger charge is 2.23. The molecule has 1 heterocycles. The van der Waals surface area contributed by atoms with E-state index in [4.69, 9.17) is 10.5 Å². The molecule has 2 aromatic carbocycles. The lowest BCUT2D eigenvalue weighted by Gasteiger charge is -2.13. The number of benzene rings is 2. The first-order chi connectivity index (χ1) is 8.72. The number of hydrogen-bond donors (Lipinski definition) is 2. The van der Waals surface area contributed by atoms with Crippen molar-refractivity contribution >= 4 is 11.4 Å². The number of nitrogen functional groups attached to an aromatic ring is 1. The van der Waals surface area contributed by atoms with Crippen molar-refractivity contribution in [2.45, 2.75) is 6.04 Å². The monoisotopic (exact) mass is 244 g/mol. The summed E-state index contributed by atoms with van der Waals surface area (Å²) in [5, 5.41) is 3.23. The van der Waals surface area contributed by atoms with Gasteiger partial charge in [-0.2, -0.15) is 0 Å². The van der Waals surface area contributed by atoms with Crippen molar-refractivity contribution < 1.29 is 9.13 Å². The third kappa shape index (κ3) is 1.97. The molecule has 3 nitrogen and oxygen atoms in total. The maximum absolute atomic E-state index is 13.2. The summed E-state index contributed by atoms with van der Waals surface area (Å²) in [4.78, 5) is 0. The molecule has 1 unspecified atom stereocenters. The van der Waals surface area contributed by atoms with Gasteiger partial charge in [-0.05, 0) is 24.3 Å². The molecular formula is C14H13FN2O. The average molecular weight is 244 g/mol. The molecule has 0 spiro atoms. The quantitative estimate of drug-likeness (QED) is 0.798. The smallest absolute Gasteiger partial charge is 0.127 e. The van der Waals surface area contributed by atoms with E-state index in [9.17, 15) is 4.39 Å². The average Bonchev–Trinajstić information content (AvgIpc) is 2.72. The van der Waals surface area contributed by atoms with Gasteiger partial charge in [-0.3, -0.25) is 0 Å². The second-order valence-corrected chi connectivity index (χ2v) is 4.32. The Hall–Kier alpha value is -2.23. The van der Waals surface area contributed by atoms with Crippen molar-refractivity contribution in [3.8, 4) is 5.75 Å². The van der Waals surface area contributed by atoms with Gasteiger partial charge in [0.1, 0.15) is 18.2 Å². The molecule has 3 rings (SSSR count). The van der Waals surface area contributed by atoms with Gasteiger partial charge in [0.05, 0.1) is 6.04 Å². The first-order valence-corrected chi connectivity index (χ1v) is 5.77. The number of halogens is 1. The lowest BCUT2D eigenvalue weighted by atomic mass is 10.1. The van der Waals surface area contributed by atoms with Gasteiger partial charge >= 0.3 is 0 Å². The molecule has 0 saturated carbocycles. The van der Waals surface area contributed by atoms with Crippen LogP contribution in [0.3, 0.4) is 0 Å². The zero-order chi connectivity index (χ0) is 12.5. The van der Waals surface area contributed by atoms with Gasteiger partial charge in [0.25, 0.3) is 0 Å². The normalized spacial score (nSPS) is 17.1. The summed E-state index contributed by atoms with van der Waals surface area (Å²) in [5.41, 5.74) is 7.77. The molecule has 0 amide bonds. The largest absolute Gasteiger partial charge is 0.491 e. The number of anilines is 2. The molecule has 1 atom stereocenters. The molecule has 92 valence electrons. The van der Waals surface area contributed by atoms with Gasteiger partial charge in [-0.1, -0.05) is 18.2 Å². The Labute approximate surface area is 104 Å². The Balaban J connectivity index is 1.86. The van der Waals surface area contributed by atoms with E-state index in [1.807, 2.05) is 24.3 Å². The summed E-state index contributed by atoms with van der Waals surface area (Å²) in [7, 11) is 0. The molecule has 3 N–H and O–H groups in total.